The Kier molecular flexibility index (Phi) is 2.99. The van der Waals surface area contributed by atoms with Crippen LogP contribution in [0, 0.1) is 6.92 Å². The Bertz CT molecular complexity index is 448. The molecular weight excluding hydrogens is 255 g/mol. The minimum atomic E-state index is -0.0450. The van der Waals surface area contributed by atoms with Crippen LogP contribution in [0.1, 0.15) is 14.8 Å². The molecule has 0 bridgehead atoms. The second-order valence-electron chi connectivity index (χ2n) is 3.19. The van der Waals surface area contributed by atoms with Crippen LogP contribution >= 0.6 is 0 Å². The number of nitrogens with one attached hydrogen (secondary N) is 1. The molecule has 0 saturated carbocycles. The maximum atomic E-state index is 11.7. The number of hydrogen-bond donors (Lipinski definition) is 1. The molecule has 0 unspecified atom stereocenters. The molecule has 0 spiro atoms. The second-order valence-corrected chi connectivity index (χ2v) is 5.05. The van der Waals surface area contributed by atoms with Gasteiger partial charge in [-0.3, -0.25) is 0 Å². The first-order chi connectivity index (χ1) is 7.25. The first kappa shape index (κ1) is 10.1. The third kappa shape index (κ3) is 2.55. The van der Waals surface area contributed by atoms with Gasteiger partial charge in [0.1, 0.15) is 0 Å². The summed E-state index contributed by atoms with van der Waals surface area (Å²) in [6.07, 6.45) is 1.63. The molecule has 0 aliphatic rings. The fourth-order valence-corrected chi connectivity index (χ4v) is 2.24. The van der Waals surface area contributed by atoms with Crippen molar-refractivity contribution in [3.05, 3.63) is 45.5 Å². The van der Waals surface area contributed by atoms with Crippen LogP contribution in [0.2, 0.25) is 0 Å². The van der Waals surface area contributed by atoms with Crippen molar-refractivity contribution in [3.63, 3.8) is 0 Å². The monoisotopic (exact) mass is 266 g/mol. The SMILES string of the molecule is Cc1ccc(NC(=O)c2cnc[se]2)cc1. The number of amides is 1. The number of carbonyl (C=O) groups excluding carboxylic acids is 1. The van der Waals surface area contributed by atoms with Crippen molar-refractivity contribution in [2.75, 3.05) is 5.32 Å². The molecule has 0 saturated heterocycles. The van der Waals surface area contributed by atoms with E-state index in [1.165, 1.54) is 5.56 Å². The molecule has 0 atom stereocenters. The van der Waals surface area contributed by atoms with Gasteiger partial charge in [-0.1, -0.05) is 0 Å². The van der Waals surface area contributed by atoms with Crippen LogP contribution in [-0.2, 0) is 0 Å². The molecule has 3 nitrogen and oxygen atoms in total. The van der Waals surface area contributed by atoms with Gasteiger partial charge in [0, 0.05) is 0 Å². The van der Waals surface area contributed by atoms with E-state index in [2.05, 4.69) is 10.3 Å². The molecule has 1 N–H and O–H groups in total. The Hall–Kier alpha value is -1.38. The number of anilines is 1. The number of nitrogens with zero attached hydrogens (tertiary/aromatic N) is 1. The van der Waals surface area contributed by atoms with Crippen LogP contribution < -0.4 is 5.32 Å². The van der Waals surface area contributed by atoms with Crippen molar-refractivity contribution in [2.24, 2.45) is 0 Å². The fourth-order valence-electron chi connectivity index (χ4n) is 1.16. The van der Waals surface area contributed by atoms with E-state index < -0.39 is 0 Å². The Labute approximate surface area is 93.9 Å². The summed E-state index contributed by atoms with van der Waals surface area (Å²) in [6.45, 7) is 2.02. The van der Waals surface area contributed by atoms with Gasteiger partial charge in [-0.2, -0.15) is 0 Å². The van der Waals surface area contributed by atoms with Crippen molar-refractivity contribution >= 4 is 26.1 Å². The summed E-state index contributed by atoms with van der Waals surface area (Å²) in [5.41, 5.74) is 2.01. The van der Waals surface area contributed by atoms with Gasteiger partial charge in [0.2, 0.25) is 0 Å². The van der Waals surface area contributed by atoms with Crippen molar-refractivity contribution in [1.82, 2.24) is 4.98 Å². The van der Waals surface area contributed by atoms with Crippen LogP contribution in [0.25, 0.3) is 0 Å². The van der Waals surface area contributed by atoms with Crippen LogP contribution in [0.3, 0.4) is 0 Å². The molecule has 1 heterocycles. The second kappa shape index (κ2) is 4.43. The van der Waals surface area contributed by atoms with Gasteiger partial charge in [-0.15, -0.1) is 0 Å². The summed E-state index contributed by atoms with van der Waals surface area (Å²) in [7, 11) is 0. The van der Waals surface area contributed by atoms with Crippen LogP contribution in [0.4, 0.5) is 5.69 Å². The molecule has 2 rings (SSSR count). The quantitative estimate of drug-likeness (QED) is 0.840. The first-order valence-corrected chi connectivity index (χ1v) is 6.37. The van der Waals surface area contributed by atoms with Crippen molar-refractivity contribution in [3.8, 4) is 0 Å². The van der Waals surface area contributed by atoms with Gasteiger partial charge in [-0.05, 0) is 0 Å². The minimum absolute atomic E-state index is 0.0450. The van der Waals surface area contributed by atoms with Gasteiger partial charge in [0.05, 0.1) is 0 Å². The van der Waals surface area contributed by atoms with Crippen LogP contribution in [0.5, 0.6) is 0 Å². The van der Waals surface area contributed by atoms with Crippen molar-refractivity contribution in [2.45, 2.75) is 6.92 Å². The topological polar surface area (TPSA) is 42.0 Å². The zero-order valence-corrected chi connectivity index (χ0v) is 9.94. The number of aromatic nitrogens is 1. The van der Waals surface area contributed by atoms with Gasteiger partial charge < -0.3 is 0 Å². The predicted octanol–water partition coefficient (Wildman–Crippen LogP) is 1.70. The molecule has 76 valence electrons. The average Bonchev–Trinajstić information content (AvgIpc) is 2.74. The Morgan fingerprint density at radius 1 is 1.33 bits per heavy atom. The van der Waals surface area contributed by atoms with E-state index in [9.17, 15) is 4.79 Å². The van der Waals surface area contributed by atoms with Crippen LogP contribution in [0.15, 0.2) is 35.5 Å². The fraction of sp³-hybridized carbons (Fsp3) is 0.0909. The van der Waals surface area contributed by atoms with Gasteiger partial charge >= 0.3 is 93.7 Å². The summed E-state index contributed by atoms with van der Waals surface area (Å²) in [5.74, 6) is -0.0450. The van der Waals surface area contributed by atoms with Gasteiger partial charge in [0.15, 0.2) is 0 Å². The van der Waals surface area contributed by atoms with Crippen LogP contribution in [-0.4, -0.2) is 25.4 Å². The predicted molar refractivity (Wildman–Crippen MR) is 60.3 cm³/mol. The Morgan fingerprint density at radius 2 is 2.07 bits per heavy atom. The van der Waals surface area contributed by atoms with E-state index in [-0.39, 0.29) is 20.4 Å². The average molecular weight is 265 g/mol. The molecule has 15 heavy (non-hydrogen) atoms. The van der Waals surface area contributed by atoms with Crippen molar-refractivity contribution in [1.29, 1.82) is 0 Å². The van der Waals surface area contributed by atoms with E-state index in [1.54, 1.807) is 11.3 Å². The van der Waals surface area contributed by atoms with Gasteiger partial charge in [-0.25, -0.2) is 0 Å². The molecule has 1 amide bonds. The standard InChI is InChI=1S/C11H10N2OSe/c1-8-2-4-9(5-3-8)13-11(14)10-6-12-7-15-10/h2-7H,1H3,(H,13,14). The summed E-state index contributed by atoms with van der Waals surface area (Å²) in [4.78, 5) is 15.6. The molecule has 0 aliphatic carbocycles. The van der Waals surface area contributed by atoms with Crippen molar-refractivity contribution < 1.29 is 4.79 Å². The molecule has 1 aromatic heterocycles. The Balaban J connectivity index is 2.09. The molecule has 2 aromatic rings. The van der Waals surface area contributed by atoms with E-state index in [0.717, 1.165) is 10.1 Å². The summed E-state index contributed by atoms with van der Waals surface area (Å²) in [5, 5.41) is 4.63. The number of hydrogen-bond acceptors (Lipinski definition) is 2. The normalized spacial score (nSPS) is 9.93. The third-order valence-corrected chi connectivity index (χ3v) is 3.58. The number of carbonyl (C=O) groups is 1. The summed E-state index contributed by atoms with van der Waals surface area (Å²) < 4.78 is 0.767. The molecular formula is C11H10N2OSe. The summed E-state index contributed by atoms with van der Waals surface area (Å²) in [6, 6.07) is 7.74. The van der Waals surface area contributed by atoms with E-state index in [4.69, 9.17) is 0 Å². The molecule has 0 radical (unpaired) electrons. The molecule has 1 aromatic carbocycles. The zero-order valence-electron chi connectivity index (χ0n) is 8.23. The van der Waals surface area contributed by atoms with E-state index in [0.29, 0.717) is 0 Å². The van der Waals surface area contributed by atoms with E-state index in [1.807, 2.05) is 31.2 Å². The maximum absolute atomic E-state index is 11.7. The van der Waals surface area contributed by atoms with Gasteiger partial charge in [0.25, 0.3) is 0 Å². The number of benzene rings is 1. The molecule has 0 fully saturated rings. The molecule has 4 heteroatoms. The number of aryl methyl sites for hydroxylation is 1. The molecule has 0 aliphatic heterocycles. The number of rotatable bonds is 2. The first-order valence-electron chi connectivity index (χ1n) is 4.52. The summed E-state index contributed by atoms with van der Waals surface area (Å²) >= 11 is 0.0920. The third-order valence-electron chi connectivity index (χ3n) is 1.97. The Morgan fingerprint density at radius 3 is 2.67 bits per heavy atom. The zero-order chi connectivity index (χ0) is 10.7. The van der Waals surface area contributed by atoms with E-state index >= 15 is 0 Å².